The van der Waals surface area contributed by atoms with Crippen molar-refractivity contribution in [3.63, 3.8) is 0 Å². The van der Waals surface area contributed by atoms with Gasteiger partial charge in [0.05, 0.1) is 4.92 Å². The first-order valence-corrected chi connectivity index (χ1v) is 8.38. The summed E-state index contributed by atoms with van der Waals surface area (Å²) in [5.74, 6) is -0.404. The third-order valence-electron chi connectivity index (χ3n) is 4.51. The Bertz CT molecular complexity index is 814. The Morgan fingerprint density at radius 3 is 2.48 bits per heavy atom. The molecule has 0 spiro atoms. The van der Waals surface area contributed by atoms with E-state index in [0.717, 1.165) is 7.11 Å². The van der Waals surface area contributed by atoms with Gasteiger partial charge >= 0.3 is 6.18 Å². The molecule has 3 rings (SSSR count). The van der Waals surface area contributed by atoms with Crippen LogP contribution < -0.4 is 0 Å². The Labute approximate surface area is 153 Å². The van der Waals surface area contributed by atoms with Crippen LogP contribution >= 0.6 is 0 Å². The molecule has 1 aliphatic carbocycles. The lowest BCUT2D eigenvalue weighted by atomic mass is 9.70. The summed E-state index contributed by atoms with van der Waals surface area (Å²) in [6.45, 7) is 5.60. The van der Waals surface area contributed by atoms with Gasteiger partial charge in [-0.25, -0.2) is 0 Å². The molecule has 27 heavy (non-hydrogen) atoms. The molecular weight excluding hydrogens is 367 g/mol. The summed E-state index contributed by atoms with van der Waals surface area (Å²) < 4.78 is 48.8. The highest BCUT2D eigenvalue weighted by atomic mass is 19.4. The smallest absolute Gasteiger partial charge is 0.369 e. The Morgan fingerprint density at radius 2 is 1.96 bits per heavy atom. The van der Waals surface area contributed by atoms with Crippen LogP contribution in [0.25, 0.3) is 11.4 Å². The van der Waals surface area contributed by atoms with Crippen molar-refractivity contribution >= 4 is 5.69 Å². The van der Waals surface area contributed by atoms with Gasteiger partial charge in [-0.1, -0.05) is 31.1 Å². The number of methoxy groups -OCH3 is 1. The standard InChI is InChI=1S/C15H14F3N3O4.C2H6/c1-8-3-4-9(5-11(8)21(22)23)12-19-13(25-20-12)10-6-14(7-10,24-2)15(16,17)18;1-2/h3-5,10H,6-7H2,1-2H3;1-2H3. The van der Waals surface area contributed by atoms with Crippen molar-refractivity contribution in [3.05, 3.63) is 39.8 Å². The Hall–Kier alpha value is -2.49. The van der Waals surface area contributed by atoms with Gasteiger partial charge in [0, 0.05) is 30.2 Å². The number of nitro groups is 1. The van der Waals surface area contributed by atoms with E-state index in [9.17, 15) is 23.3 Å². The zero-order chi connectivity index (χ0) is 20.4. The van der Waals surface area contributed by atoms with Crippen molar-refractivity contribution < 1.29 is 27.4 Å². The lowest BCUT2D eigenvalue weighted by molar-refractivity contribution is -0.385. The second kappa shape index (κ2) is 7.63. The fraction of sp³-hybridized carbons (Fsp3) is 0.529. The van der Waals surface area contributed by atoms with Crippen LogP contribution in [0.4, 0.5) is 18.9 Å². The van der Waals surface area contributed by atoms with Crippen molar-refractivity contribution in [3.8, 4) is 11.4 Å². The van der Waals surface area contributed by atoms with Crippen LogP contribution in [0.2, 0.25) is 0 Å². The van der Waals surface area contributed by atoms with E-state index < -0.39 is 22.6 Å². The van der Waals surface area contributed by atoms with Gasteiger partial charge in [-0.2, -0.15) is 18.2 Å². The molecule has 0 unspecified atom stereocenters. The normalized spacial score (nSPS) is 21.8. The molecule has 1 aromatic carbocycles. The number of aromatic nitrogens is 2. The van der Waals surface area contributed by atoms with Gasteiger partial charge in [-0.05, 0) is 19.8 Å². The van der Waals surface area contributed by atoms with Gasteiger partial charge in [0.25, 0.3) is 5.69 Å². The molecule has 0 saturated heterocycles. The van der Waals surface area contributed by atoms with E-state index in [0.29, 0.717) is 11.1 Å². The van der Waals surface area contributed by atoms with Crippen LogP contribution in [0, 0.1) is 17.0 Å². The van der Waals surface area contributed by atoms with E-state index in [-0.39, 0.29) is 30.2 Å². The Kier molecular flexibility index (Phi) is 5.88. The molecule has 7 nitrogen and oxygen atoms in total. The molecule has 0 N–H and O–H groups in total. The largest absolute Gasteiger partial charge is 0.417 e. The molecule has 2 aromatic rings. The number of aryl methyl sites for hydroxylation is 1. The maximum atomic E-state index is 13.0. The summed E-state index contributed by atoms with van der Waals surface area (Å²) in [5.41, 5.74) is -1.44. The van der Waals surface area contributed by atoms with Gasteiger partial charge in [-0.15, -0.1) is 0 Å². The predicted molar refractivity (Wildman–Crippen MR) is 90.2 cm³/mol. The molecule has 1 aliphatic rings. The van der Waals surface area contributed by atoms with Crippen LogP contribution in [-0.4, -0.2) is 34.0 Å². The molecule has 0 amide bonds. The molecular formula is C17H20F3N3O4. The maximum Gasteiger partial charge on any atom is 0.417 e. The van der Waals surface area contributed by atoms with Crippen LogP contribution in [0.1, 0.15) is 44.1 Å². The summed E-state index contributed by atoms with van der Waals surface area (Å²) >= 11 is 0. The monoisotopic (exact) mass is 387 g/mol. The van der Waals surface area contributed by atoms with Crippen molar-refractivity contribution in [2.45, 2.75) is 51.3 Å². The fourth-order valence-corrected chi connectivity index (χ4v) is 2.89. The highest BCUT2D eigenvalue weighted by Gasteiger charge is 2.64. The lowest BCUT2D eigenvalue weighted by Crippen LogP contribution is -2.55. The third kappa shape index (κ3) is 3.80. The highest BCUT2D eigenvalue weighted by molar-refractivity contribution is 5.60. The zero-order valence-electron chi connectivity index (χ0n) is 15.3. The Balaban J connectivity index is 0.00000126. The fourth-order valence-electron chi connectivity index (χ4n) is 2.89. The van der Waals surface area contributed by atoms with Gasteiger partial charge in [0.2, 0.25) is 11.7 Å². The summed E-state index contributed by atoms with van der Waals surface area (Å²) in [7, 11) is 1.02. The summed E-state index contributed by atoms with van der Waals surface area (Å²) in [4.78, 5) is 14.6. The molecule has 1 heterocycles. The molecule has 0 radical (unpaired) electrons. The van der Waals surface area contributed by atoms with Crippen molar-refractivity contribution in [2.75, 3.05) is 7.11 Å². The number of hydrogen-bond acceptors (Lipinski definition) is 6. The predicted octanol–water partition coefficient (Wildman–Crippen LogP) is 4.80. The number of benzene rings is 1. The average molecular weight is 387 g/mol. The minimum absolute atomic E-state index is 0.0650. The van der Waals surface area contributed by atoms with Crippen LogP contribution in [0.15, 0.2) is 22.7 Å². The molecule has 1 fully saturated rings. The number of hydrogen-bond donors (Lipinski definition) is 0. The SMILES string of the molecule is CC.COC1(C(F)(F)F)CC(c2nc(-c3ccc(C)c([N+](=O)[O-])c3)no2)C1. The maximum absolute atomic E-state index is 13.0. The van der Waals surface area contributed by atoms with Crippen LogP contribution in [-0.2, 0) is 4.74 Å². The topological polar surface area (TPSA) is 91.3 Å². The summed E-state index contributed by atoms with van der Waals surface area (Å²) in [6.07, 6.45) is -5.08. The van der Waals surface area contributed by atoms with Gasteiger partial charge in [0.1, 0.15) is 0 Å². The number of halogens is 3. The van der Waals surface area contributed by atoms with E-state index in [1.165, 1.54) is 6.07 Å². The number of alkyl halides is 3. The lowest BCUT2D eigenvalue weighted by Gasteiger charge is -2.45. The highest BCUT2D eigenvalue weighted by Crippen LogP contribution is 2.54. The number of rotatable bonds is 4. The first-order valence-electron chi connectivity index (χ1n) is 8.38. The number of nitro benzene ring substituents is 1. The van der Waals surface area contributed by atoms with E-state index in [4.69, 9.17) is 4.52 Å². The molecule has 0 aliphatic heterocycles. The van der Waals surface area contributed by atoms with Crippen molar-refractivity contribution in [1.29, 1.82) is 0 Å². The van der Waals surface area contributed by atoms with E-state index in [1.54, 1.807) is 19.1 Å². The molecule has 0 atom stereocenters. The van der Waals surface area contributed by atoms with Gasteiger partial charge in [0.15, 0.2) is 5.60 Å². The third-order valence-corrected chi connectivity index (χ3v) is 4.51. The average Bonchev–Trinajstić information content (AvgIpc) is 3.05. The summed E-state index contributed by atoms with van der Waals surface area (Å²) in [5, 5.41) is 14.7. The minimum Gasteiger partial charge on any atom is -0.369 e. The van der Waals surface area contributed by atoms with E-state index >= 15 is 0 Å². The quantitative estimate of drug-likeness (QED) is 0.553. The van der Waals surface area contributed by atoms with Crippen LogP contribution in [0.5, 0.6) is 0 Å². The second-order valence-electron chi connectivity index (χ2n) is 6.02. The first kappa shape index (κ1) is 20.8. The molecule has 1 saturated carbocycles. The summed E-state index contributed by atoms with van der Waals surface area (Å²) in [6, 6.07) is 4.44. The molecule has 1 aromatic heterocycles. The van der Waals surface area contributed by atoms with Crippen molar-refractivity contribution in [2.24, 2.45) is 0 Å². The zero-order valence-corrected chi connectivity index (χ0v) is 15.3. The van der Waals surface area contributed by atoms with Crippen LogP contribution in [0.3, 0.4) is 0 Å². The molecule has 148 valence electrons. The minimum atomic E-state index is -4.47. The Morgan fingerprint density at radius 1 is 1.33 bits per heavy atom. The second-order valence-corrected chi connectivity index (χ2v) is 6.02. The number of nitrogens with zero attached hydrogens (tertiary/aromatic N) is 3. The van der Waals surface area contributed by atoms with Crippen molar-refractivity contribution in [1.82, 2.24) is 10.1 Å². The first-order chi connectivity index (χ1) is 12.7. The van der Waals surface area contributed by atoms with E-state index in [1.807, 2.05) is 13.8 Å². The van der Waals surface area contributed by atoms with E-state index in [2.05, 4.69) is 14.9 Å². The number of ether oxygens (including phenoxy) is 1. The molecule has 0 bridgehead atoms. The van der Waals surface area contributed by atoms with Gasteiger partial charge < -0.3 is 9.26 Å². The molecule has 10 heteroatoms. The van der Waals surface area contributed by atoms with Gasteiger partial charge in [-0.3, -0.25) is 10.1 Å².